The van der Waals surface area contributed by atoms with Crippen molar-refractivity contribution in [3.63, 3.8) is 0 Å². The molecule has 2 aromatic carbocycles. The number of aromatic nitrogens is 5. The second-order valence-electron chi connectivity index (χ2n) is 10.0. The quantitative estimate of drug-likeness (QED) is 0.401. The van der Waals surface area contributed by atoms with Gasteiger partial charge < -0.3 is 19.4 Å². The molecule has 0 saturated carbocycles. The molecule has 198 valence electrons. The zero-order chi connectivity index (χ0) is 26.1. The first-order valence-corrected chi connectivity index (χ1v) is 13.2. The highest BCUT2D eigenvalue weighted by molar-refractivity contribution is 5.82. The predicted octanol–water partition coefficient (Wildman–Crippen LogP) is 2.92. The Labute approximate surface area is 221 Å². The summed E-state index contributed by atoms with van der Waals surface area (Å²) in [6.07, 6.45) is 2.11. The first-order chi connectivity index (χ1) is 18.6. The molecule has 0 aliphatic carbocycles. The van der Waals surface area contributed by atoms with Gasteiger partial charge in [-0.3, -0.25) is 9.69 Å². The van der Waals surface area contributed by atoms with E-state index in [1.54, 1.807) is 7.11 Å². The smallest absolute Gasteiger partial charge is 0.253 e. The van der Waals surface area contributed by atoms with Gasteiger partial charge in [0, 0.05) is 38.3 Å². The van der Waals surface area contributed by atoms with E-state index in [1.165, 1.54) is 0 Å². The van der Waals surface area contributed by atoms with Crippen molar-refractivity contribution in [3.8, 4) is 5.75 Å². The van der Waals surface area contributed by atoms with E-state index in [9.17, 15) is 4.79 Å². The number of pyridine rings is 1. The van der Waals surface area contributed by atoms with Crippen LogP contribution < -0.4 is 15.2 Å². The van der Waals surface area contributed by atoms with Gasteiger partial charge in [-0.25, -0.2) is 4.68 Å². The number of aryl methyl sites for hydroxylation is 1. The van der Waals surface area contributed by atoms with Crippen LogP contribution >= 0.6 is 0 Å². The molecule has 0 amide bonds. The highest BCUT2D eigenvalue weighted by atomic mass is 16.5. The molecule has 1 N–H and O–H groups in total. The summed E-state index contributed by atoms with van der Waals surface area (Å²) in [6.45, 7) is 6.39. The number of methoxy groups -OCH3 is 1. The van der Waals surface area contributed by atoms with Crippen molar-refractivity contribution >= 4 is 16.6 Å². The SMILES string of the molecule is COc1ccccc1N1CCN([C@H](c2cc3cccc(C)c3[nH]c2=O)c2nnnn2C[C@@H]2CCCO2)CC1. The van der Waals surface area contributed by atoms with E-state index in [0.29, 0.717) is 17.9 Å². The van der Waals surface area contributed by atoms with Gasteiger partial charge in [0.1, 0.15) is 11.8 Å². The minimum atomic E-state index is -0.389. The first-order valence-electron chi connectivity index (χ1n) is 13.2. The van der Waals surface area contributed by atoms with Gasteiger partial charge >= 0.3 is 0 Å². The zero-order valence-electron chi connectivity index (χ0n) is 21.8. The number of hydrogen-bond acceptors (Lipinski definition) is 8. The number of rotatable bonds is 7. The molecule has 2 saturated heterocycles. The third-order valence-corrected chi connectivity index (χ3v) is 7.72. The Morgan fingerprint density at radius 3 is 2.76 bits per heavy atom. The number of anilines is 1. The molecular formula is C28H33N7O3. The Balaban J connectivity index is 1.36. The second kappa shape index (κ2) is 10.5. The van der Waals surface area contributed by atoms with Crippen LogP contribution in [0.3, 0.4) is 0 Å². The van der Waals surface area contributed by atoms with Gasteiger partial charge in [0.15, 0.2) is 5.82 Å². The van der Waals surface area contributed by atoms with E-state index >= 15 is 0 Å². The fourth-order valence-corrected chi connectivity index (χ4v) is 5.73. The number of nitrogens with zero attached hydrogens (tertiary/aromatic N) is 6. The number of ether oxygens (including phenoxy) is 2. The summed E-state index contributed by atoms with van der Waals surface area (Å²) >= 11 is 0. The van der Waals surface area contributed by atoms with Crippen LogP contribution in [0.1, 0.15) is 35.8 Å². The van der Waals surface area contributed by atoms with E-state index in [0.717, 1.165) is 73.5 Å². The van der Waals surface area contributed by atoms with Gasteiger partial charge in [0.25, 0.3) is 5.56 Å². The summed E-state index contributed by atoms with van der Waals surface area (Å²) in [5.41, 5.74) is 3.51. The van der Waals surface area contributed by atoms with Gasteiger partial charge in [-0.2, -0.15) is 0 Å². The normalized spacial score (nSPS) is 19.2. The summed E-state index contributed by atoms with van der Waals surface area (Å²) in [5.74, 6) is 1.53. The maximum atomic E-state index is 13.6. The van der Waals surface area contributed by atoms with Crippen LogP contribution in [0.5, 0.6) is 5.75 Å². The minimum absolute atomic E-state index is 0.0813. The molecule has 2 fully saturated rings. The molecule has 4 heterocycles. The van der Waals surface area contributed by atoms with Gasteiger partial charge in [0.2, 0.25) is 0 Å². The van der Waals surface area contributed by atoms with Crippen LogP contribution in [0.2, 0.25) is 0 Å². The van der Waals surface area contributed by atoms with Crippen LogP contribution in [0.25, 0.3) is 10.9 Å². The molecule has 0 spiro atoms. The van der Waals surface area contributed by atoms with Crippen molar-refractivity contribution in [3.05, 3.63) is 75.8 Å². The van der Waals surface area contributed by atoms with Crippen molar-refractivity contribution in [2.45, 2.75) is 38.5 Å². The second-order valence-corrected chi connectivity index (χ2v) is 10.0. The summed E-state index contributed by atoms with van der Waals surface area (Å²) in [5, 5.41) is 13.8. The molecule has 2 aromatic heterocycles. The topological polar surface area (TPSA) is 101 Å². The first kappa shape index (κ1) is 24.6. The molecule has 2 aliphatic heterocycles. The van der Waals surface area contributed by atoms with E-state index in [1.807, 2.05) is 54.1 Å². The molecule has 4 aromatic rings. The lowest BCUT2D eigenvalue weighted by Gasteiger charge is -2.40. The molecule has 10 heteroatoms. The Hall–Kier alpha value is -3.76. The van der Waals surface area contributed by atoms with Gasteiger partial charge in [-0.1, -0.05) is 30.3 Å². The van der Waals surface area contributed by atoms with Crippen molar-refractivity contribution in [1.82, 2.24) is 30.1 Å². The largest absolute Gasteiger partial charge is 0.495 e. The summed E-state index contributed by atoms with van der Waals surface area (Å²) in [6, 6.07) is 15.8. The number of fused-ring (bicyclic) bond motifs is 1. The molecular weight excluding hydrogens is 482 g/mol. The minimum Gasteiger partial charge on any atom is -0.495 e. The molecule has 10 nitrogen and oxygen atoms in total. The van der Waals surface area contributed by atoms with E-state index in [2.05, 4.69) is 36.4 Å². The lowest BCUT2D eigenvalue weighted by atomic mass is 10.0. The number of hydrogen-bond donors (Lipinski definition) is 1. The number of aromatic amines is 1. The van der Waals surface area contributed by atoms with Crippen LogP contribution in [-0.4, -0.2) is 76.1 Å². The third-order valence-electron chi connectivity index (χ3n) is 7.72. The average molecular weight is 516 g/mol. The molecule has 38 heavy (non-hydrogen) atoms. The third kappa shape index (κ3) is 4.65. The zero-order valence-corrected chi connectivity index (χ0v) is 21.8. The molecule has 2 aliphatic rings. The lowest BCUT2D eigenvalue weighted by Crippen LogP contribution is -2.49. The van der Waals surface area contributed by atoms with Gasteiger partial charge in [0.05, 0.1) is 31.0 Å². The number of nitrogens with one attached hydrogen (secondary N) is 1. The Bertz CT molecular complexity index is 1470. The summed E-state index contributed by atoms with van der Waals surface area (Å²) in [4.78, 5) is 21.4. The number of para-hydroxylation sites is 3. The van der Waals surface area contributed by atoms with E-state index < -0.39 is 0 Å². The number of piperazine rings is 1. The van der Waals surface area contributed by atoms with Gasteiger partial charge in [-0.05, 0) is 59.3 Å². The van der Waals surface area contributed by atoms with E-state index in [4.69, 9.17) is 9.47 Å². The maximum Gasteiger partial charge on any atom is 0.253 e. The van der Waals surface area contributed by atoms with Crippen LogP contribution in [0.4, 0.5) is 5.69 Å². The molecule has 0 radical (unpaired) electrons. The number of H-pyrrole nitrogens is 1. The van der Waals surface area contributed by atoms with Crippen molar-refractivity contribution in [2.24, 2.45) is 0 Å². The monoisotopic (exact) mass is 515 g/mol. The Morgan fingerprint density at radius 1 is 1.13 bits per heavy atom. The highest BCUT2D eigenvalue weighted by Crippen LogP contribution is 2.32. The van der Waals surface area contributed by atoms with Crippen molar-refractivity contribution in [1.29, 1.82) is 0 Å². The lowest BCUT2D eigenvalue weighted by molar-refractivity contribution is 0.0906. The molecule has 0 unspecified atom stereocenters. The maximum absolute atomic E-state index is 13.6. The number of benzene rings is 2. The van der Waals surface area contributed by atoms with Gasteiger partial charge in [-0.15, -0.1) is 5.10 Å². The van der Waals surface area contributed by atoms with Crippen molar-refractivity contribution < 1.29 is 9.47 Å². The molecule has 2 atom stereocenters. The fourth-order valence-electron chi connectivity index (χ4n) is 5.73. The van der Waals surface area contributed by atoms with Crippen LogP contribution in [-0.2, 0) is 11.3 Å². The van der Waals surface area contributed by atoms with Crippen LogP contribution in [0.15, 0.2) is 53.3 Å². The fraction of sp³-hybridized carbons (Fsp3) is 0.429. The van der Waals surface area contributed by atoms with Crippen LogP contribution in [0, 0.1) is 6.92 Å². The van der Waals surface area contributed by atoms with Crippen molar-refractivity contribution in [2.75, 3.05) is 44.8 Å². The highest BCUT2D eigenvalue weighted by Gasteiger charge is 2.34. The standard InChI is InChI=1S/C28H33N7O3/c1-19-7-5-8-20-17-22(28(36)29-25(19)20)26(27-30-31-32-35(27)18-21-9-6-16-38-21)34-14-12-33(13-15-34)23-10-3-4-11-24(23)37-2/h3-5,7-8,10-11,17,21,26H,6,9,12-16,18H2,1-2H3,(H,29,36)/t21-,26+/m0/s1. The average Bonchev–Trinajstić information content (AvgIpc) is 3.63. The Morgan fingerprint density at radius 2 is 1.97 bits per heavy atom. The molecule has 6 rings (SSSR count). The number of tetrazole rings is 1. The summed E-state index contributed by atoms with van der Waals surface area (Å²) < 4.78 is 13.3. The van der Waals surface area contributed by atoms with E-state index in [-0.39, 0.29) is 17.7 Å². The summed E-state index contributed by atoms with van der Waals surface area (Å²) in [7, 11) is 1.70. The molecule has 0 bridgehead atoms. The Kier molecular flexibility index (Phi) is 6.82. The predicted molar refractivity (Wildman–Crippen MR) is 145 cm³/mol.